The largest absolute Gasteiger partial charge is 0.462 e. The van der Waals surface area contributed by atoms with Crippen LogP contribution >= 0.6 is 0 Å². The second-order valence-electron chi connectivity index (χ2n) is 18.2. The van der Waals surface area contributed by atoms with Crippen LogP contribution in [0.1, 0.15) is 121 Å². The van der Waals surface area contributed by atoms with E-state index in [1.807, 2.05) is 33.8 Å². The molecule has 8 nitrogen and oxygen atoms in total. The molecule has 0 bridgehead atoms. The highest BCUT2D eigenvalue weighted by Gasteiger charge is 2.72. The quantitative estimate of drug-likeness (QED) is 0.137. The Morgan fingerprint density at radius 3 is 2.10 bits per heavy atom. The smallest absolute Gasteiger partial charge is 0.333 e. The monoisotopic (exact) mass is 684 g/mol. The lowest BCUT2D eigenvalue weighted by molar-refractivity contribution is -0.260. The summed E-state index contributed by atoms with van der Waals surface area (Å²) < 4.78 is 11.8. The second-order valence-corrected chi connectivity index (χ2v) is 18.2. The van der Waals surface area contributed by atoms with Crippen LogP contribution in [0.3, 0.4) is 0 Å². The van der Waals surface area contributed by atoms with Gasteiger partial charge in [0.15, 0.2) is 0 Å². The number of rotatable bonds is 7. The molecule has 0 aliphatic heterocycles. The van der Waals surface area contributed by atoms with E-state index in [1.165, 1.54) is 5.57 Å². The van der Waals surface area contributed by atoms with E-state index in [9.17, 15) is 30.0 Å². The number of carbonyl (C=O) groups excluding carboxylic acids is 2. The molecule has 49 heavy (non-hydrogen) atoms. The lowest BCUT2D eigenvalue weighted by Gasteiger charge is -2.72. The zero-order valence-corrected chi connectivity index (χ0v) is 31.8. The van der Waals surface area contributed by atoms with E-state index in [1.54, 1.807) is 19.9 Å². The summed E-state index contributed by atoms with van der Waals surface area (Å²) in [6.07, 6.45) is 7.65. The normalized spacial score (nSPS) is 46.3. The van der Waals surface area contributed by atoms with E-state index in [-0.39, 0.29) is 47.8 Å². The summed E-state index contributed by atoms with van der Waals surface area (Å²) in [5.41, 5.74) is -0.967. The van der Waals surface area contributed by atoms with Crippen molar-refractivity contribution in [2.45, 2.75) is 145 Å². The summed E-state index contributed by atoms with van der Waals surface area (Å²) in [6.45, 7) is 20.4. The number of aliphatic hydroxyl groups excluding tert-OH is 4. The maximum absolute atomic E-state index is 13.1. The Bertz CT molecular complexity index is 1410. The highest BCUT2D eigenvalue weighted by molar-refractivity contribution is 5.88. The third kappa shape index (κ3) is 5.52. The van der Waals surface area contributed by atoms with E-state index in [2.05, 4.69) is 33.8 Å². The lowest BCUT2D eigenvalue weighted by Crippen LogP contribution is -2.72. The molecule has 3 unspecified atom stereocenters. The molecule has 4 N–H and O–H groups in total. The first-order chi connectivity index (χ1) is 22.7. The lowest BCUT2D eigenvalue weighted by atomic mass is 9.33. The molecule has 0 radical (unpaired) electrons. The van der Waals surface area contributed by atoms with Gasteiger partial charge in [0.25, 0.3) is 0 Å². The molecule has 4 fully saturated rings. The van der Waals surface area contributed by atoms with Crippen molar-refractivity contribution in [1.29, 1.82) is 0 Å². The molecule has 0 saturated heterocycles. The zero-order chi connectivity index (χ0) is 36.5. The van der Waals surface area contributed by atoms with Gasteiger partial charge in [-0.05, 0) is 112 Å². The molecule has 0 amide bonds. The van der Waals surface area contributed by atoms with Gasteiger partial charge in [0.2, 0.25) is 0 Å². The van der Waals surface area contributed by atoms with E-state index in [0.29, 0.717) is 36.8 Å². The molecular formula is C41H64O8. The Labute approximate surface area is 294 Å². The number of ether oxygens (including phenoxy) is 2. The van der Waals surface area contributed by atoms with Crippen molar-refractivity contribution in [2.75, 3.05) is 13.2 Å². The fraction of sp³-hybridized carbons (Fsp3) is 0.805. The Kier molecular flexibility index (Phi) is 10.1. The van der Waals surface area contributed by atoms with Crippen LogP contribution in [0.25, 0.3) is 0 Å². The molecule has 276 valence electrons. The van der Waals surface area contributed by atoms with Gasteiger partial charge in [-0.25, -0.2) is 9.59 Å². The third-order valence-corrected chi connectivity index (χ3v) is 15.5. The van der Waals surface area contributed by atoms with Crippen LogP contribution < -0.4 is 0 Å². The van der Waals surface area contributed by atoms with Gasteiger partial charge in [0.05, 0.1) is 36.4 Å². The minimum atomic E-state index is -1.28. The zero-order valence-electron chi connectivity index (χ0n) is 31.8. The molecule has 0 aromatic heterocycles. The Morgan fingerprint density at radius 2 is 1.47 bits per heavy atom. The number of carbonyl (C=O) groups is 2. The summed E-state index contributed by atoms with van der Waals surface area (Å²) in [6, 6.07) is 0. The number of esters is 2. The molecule has 4 saturated carbocycles. The Balaban J connectivity index is 1.55. The summed E-state index contributed by atoms with van der Waals surface area (Å²) in [5.74, 6) is -0.720. The molecule has 0 spiro atoms. The summed E-state index contributed by atoms with van der Waals surface area (Å²) in [5, 5.41) is 47.3. The molecule has 0 aromatic rings. The minimum Gasteiger partial charge on any atom is -0.462 e. The first-order valence-electron chi connectivity index (χ1n) is 18.8. The first kappa shape index (κ1) is 38.2. The molecule has 12 atom stereocenters. The molecule has 0 heterocycles. The minimum absolute atomic E-state index is 0.135. The predicted molar refractivity (Wildman–Crippen MR) is 189 cm³/mol. The van der Waals surface area contributed by atoms with Gasteiger partial charge in [0, 0.05) is 16.6 Å². The van der Waals surface area contributed by atoms with Gasteiger partial charge in [-0.1, -0.05) is 72.3 Å². The number of fused-ring (bicyclic) bond motifs is 7. The molecule has 8 heteroatoms. The average molecular weight is 685 g/mol. The van der Waals surface area contributed by atoms with Crippen LogP contribution in [-0.2, 0) is 19.1 Å². The van der Waals surface area contributed by atoms with E-state index in [4.69, 9.17) is 9.47 Å². The fourth-order valence-corrected chi connectivity index (χ4v) is 12.0. The molecule has 5 rings (SSSR count). The molecule has 5 aliphatic carbocycles. The maximum atomic E-state index is 13.1. The standard InChI is InChI=1S/C41H64O8/c1-11-13-25(4)35(47)49-23-41-27(20-36(5,6)32(44)33(41)45)26-14-15-29-37(7)18-17-30(42)38(8,22-48-34(46)24(3)12-2)28(37)16-19-39(29,9)40(26,10)21-31(41)43/h12-14,27-33,42-45H,11,15-23H2,1-10H3/b24-12+,25-13+/t27?,28?,29?,30-,31+,32-,33-,37-,38+,39+,40+,41-/m0/s1. The average Bonchev–Trinajstić information content (AvgIpc) is 3.04. The molecule has 0 aromatic carbocycles. The highest BCUT2D eigenvalue weighted by atomic mass is 16.5. The van der Waals surface area contributed by atoms with Crippen LogP contribution in [0.2, 0.25) is 0 Å². The first-order valence-corrected chi connectivity index (χ1v) is 18.8. The van der Waals surface area contributed by atoms with Gasteiger partial charge in [0.1, 0.15) is 6.61 Å². The van der Waals surface area contributed by atoms with Crippen LogP contribution in [0.5, 0.6) is 0 Å². The molecular weight excluding hydrogens is 620 g/mol. The summed E-state index contributed by atoms with van der Waals surface area (Å²) >= 11 is 0. The maximum Gasteiger partial charge on any atom is 0.333 e. The van der Waals surface area contributed by atoms with Gasteiger partial charge in [-0.15, -0.1) is 0 Å². The fourth-order valence-electron chi connectivity index (χ4n) is 12.0. The number of hydrogen-bond donors (Lipinski definition) is 4. The van der Waals surface area contributed by atoms with Crippen molar-refractivity contribution >= 4 is 11.9 Å². The number of hydrogen-bond acceptors (Lipinski definition) is 8. The van der Waals surface area contributed by atoms with Crippen LogP contribution in [0, 0.1) is 50.2 Å². The van der Waals surface area contributed by atoms with Crippen LogP contribution in [0.4, 0.5) is 0 Å². The Morgan fingerprint density at radius 1 is 0.837 bits per heavy atom. The SMILES string of the molecule is C/C=C(\C)C(=O)OC[C@]1(C)C2CC[C@]3(C)C(CC=C4C5CC(C)(C)[C@@H](O)[C@H](O)[C@]5(COC(=O)/C(C)=C/CC)[C@H](O)C[C@]43C)[C@@]2(C)CC[C@@H]1O. The van der Waals surface area contributed by atoms with Crippen LogP contribution in [0.15, 0.2) is 34.9 Å². The van der Waals surface area contributed by atoms with Crippen molar-refractivity contribution in [1.82, 2.24) is 0 Å². The number of aliphatic hydroxyl groups is 4. The van der Waals surface area contributed by atoms with Gasteiger partial charge in [-0.2, -0.15) is 0 Å². The van der Waals surface area contributed by atoms with Gasteiger partial charge < -0.3 is 29.9 Å². The van der Waals surface area contributed by atoms with Crippen molar-refractivity contribution < 1.29 is 39.5 Å². The number of allylic oxidation sites excluding steroid dienone is 4. The van der Waals surface area contributed by atoms with Crippen LogP contribution in [-0.4, -0.2) is 70.0 Å². The highest BCUT2D eigenvalue weighted by Crippen LogP contribution is 2.75. The van der Waals surface area contributed by atoms with Crippen molar-refractivity contribution in [2.24, 2.45) is 50.2 Å². The van der Waals surface area contributed by atoms with E-state index in [0.717, 1.165) is 25.7 Å². The molecule has 5 aliphatic rings. The van der Waals surface area contributed by atoms with Crippen molar-refractivity contribution in [3.05, 3.63) is 34.9 Å². The third-order valence-electron chi connectivity index (χ3n) is 15.5. The predicted octanol–water partition coefficient (Wildman–Crippen LogP) is 6.45. The van der Waals surface area contributed by atoms with Crippen molar-refractivity contribution in [3.63, 3.8) is 0 Å². The van der Waals surface area contributed by atoms with Crippen molar-refractivity contribution in [3.8, 4) is 0 Å². The van der Waals surface area contributed by atoms with Gasteiger partial charge in [-0.3, -0.25) is 0 Å². The Hall–Kier alpha value is -2.00. The summed E-state index contributed by atoms with van der Waals surface area (Å²) in [7, 11) is 0. The van der Waals surface area contributed by atoms with E-state index < -0.39 is 52.0 Å². The second kappa shape index (κ2) is 12.9. The summed E-state index contributed by atoms with van der Waals surface area (Å²) in [4.78, 5) is 25.8. The van der Waals surface area contributed by atoms with E-state index >= 15 is 0 Å². The topological polar surface area (TPSA) is 134 Å². The van der Waals surface area contributed by atoms with Gasteiger partial charge >= 0.3 is 11.9 Å².